The number of hydrogen-bond acceptors (Lipinski definition) is 2. The van der Waals surface area contributed by atoms with Crippen LogP contribution in [-0.4, -0.2) is 24.4 Å². The van der Waals surface area contributed by atoms with Gasteiger partial charge in [0.1, 0.15) is 6.04 Å². The van der Waals surface area contributed by atoms with E-state index in [-0.39, 0.29) is 17.9 Å². The van der Waals surface area contributed by atoms with Crippen molar-refractivity contribution in [2.24, 2.45) is 0 Å². The third-order valence-electron chi connectivity index (χ3n) is 9.01. The molecule has 0 aliphatic carbocycles. The first kappa shape index (κ1) is 42.7. The first-order chi connectivity index (χ1) is 21.7. The van der Waals surface area contributed by atoms with Gasteiger partial charge in [-0.25, -0.2) is 0 Å². The van der Waals surface area contributed by atoms with Gasteiger partial charge in [-0.15, -0.1) is 0 Å². The molecule has 0 aliphatic rings. The van der Waals surface area contributed by atoms with Gasteiger partial charge in [-0.3, -0.25) is 9.59 Å². The van der Waals surface area contributed by atoms with Crippen molar-refractivity contribution in [2.75, 3.05) is 6.54 Å². The van der Waals surface area contributed by atoms with Gasteiger partial charge in [-0.1, -0.05) is 180 Å². The van der Waals surface area contributed by atoms with Crippen LogP contribution in [0.4, 0.5) is 0 Å². The highest BCUT2D eigenvalue weighted by Crippen LogP contribution is 2.15. The van der Waals surface area contributed by atoms with Crippen LogP contribution in [0, 0.1) is 0 Å². The second-order valence-corrected chi connectivity index (χ2v) is 13.4. The number of likely N-dealkylation sites (N-methyl/N-ethyl adjacent to an activating group) is 1. The Morgan fingerprint density at radius 2 is 0.841 bits per heavy atom. The second-order valence-electron chi connectivity index (χ2n) is 13.4. The zero-order chi connectivity index (χ0) is 32.2. The summed E-state index contributed by atoms with van der Waals surface area (Å²) in [4.78, 5) is 25.1. The monoisotopic (exact) mass is 619 g/mol. The first-order valence-corrected chi connectivity index (χ1v) is 19.9. The normalized spacial score (nSPS) is 12.2. The summed E-state index contributed by atoms with van der Waals surface area (Å²) in [7, 11) is 0. The molecule has 0 aromatic rings. The molecule has 0 saturated carbocycles. The van der Waals surface area contributed by atoms with Crippen LogP contribution in [-0.2, 0) is 9.59 Å². The minimum atomic E-state index is -0.374. The standard InChI is InChI=1S/C40H78N2O2/c1-4-7-9-11-13-15-17-19-20-21-22-23-24-25-27-29-31-33-35-37-39(43)42-38(40(44)41-6-3)36-34-32-30-28-26-18-16-14-12-10-8-5-2/h19-20,38H,4-18,21-37H2,1-3H3,(H,41,44)(H,42,43)/b20-19-. The average Bonchev–Trinajstić information content (AvgIpc) is 3.02. The average molecular weight is 619 g/mol. The molecule has 2 N–H and O–H groups in total. The topological polar surface area (TPSA) is 58.2 Å². The fourth-order valence-corrected chi connectivity index (χ4v) is 6.09. The van der Waals surface area contributed by atoms with Crippen LogP contribution in [0.2, 0.25) is 0 Å². The molecule has 0 saturated heterocycles. The Kier molecular flexibility index (Phi) is 35.1. The lowest BCUT2D eigenvalue weighted by atomic mass is 10.0. The summed E-state index contributed by atoms with van der Waals surface area (Å²) in [5.74, 6) is 0.0225. The van der Waals surface area contributed by atoms with Crippen LogP contribution >= 0.6 is 0 Å². The van der Waals surface area contributed by atoms with Gasteiger partial charge in [0.25, 0.3) is 0 Å². The van der Waals surface area contributed by atoms with Gasteiger partial charge in [-0.05, 0) is 45.4 Å². The molecule has 44 heavy (non-hydrogen) atoms. The third kappa shape index (κ3) is 32.1. The molecule has 4 nitrogen and oxygen atoms in total. The van der Waals surface area contributed by atoms with Gasteiger partial charge in [0.2, 0.25) is 11.8 Å². The highest BCUT2D eigenvalue weighted by Gasteiger charge is 2.19. The van der Waals surface area contributed by atoms with Gasteiger partial charge in [0.05, 0.1) is 0 Å². The molecule has 4 heteroatoms. The van der Waals surface area contributed by atoms with E-state index in [0.29, 0.717) is 13.0 Å². The van der Waals surface area contributed by atoms with Crippen LogP contribution in [0.25, 0.3) is 0 Å². The van der Waals surface area contributed by atoms with Gasteiger partial charge < -0.3 is 10.6 Å². The van der Waals surface area contributed by atoms with Crippen LogP contribution in [0.3, 0.4) is 0 Å². The van der Waals surface area contributed by atoms with Crippen molar-refractivity contribution in [3.63, 3.8) is 0 Å². The Bertz CT molecular complexity index is 633. The number of nitrogens with one attached hydrogen (secondary N) is 2. The van der Waals surface area contributed by atoms with Gasteiger partial charge in [0, 0.05) is 13.0 Å². The fourth-order valence-electron chi connectivity index (χ4n) is 6.09. The van der Waals surface area contributed by atoms with Gasteiger partial charge in [-0.2, -0.15) is 0 Å². The molecule has 0 spiro atoms. The minimum absolute atomic E-state index is 0.0203. The van der Waals surface area contributed by atoms with Crippen molar-refractivity contribution < 1.29 is 9.59 Å². The molecule has 0 heterocycles. The van der Waals surface area contributed by atoms with E-state index in [9.17, 15) is 9.59 Å². The lowest BCUT2D eigenvalue weighted by molar-refractivity contribution is -0.129. The van der Waals surface area contributed by atoms with E-state index in [1.54, 1.807) is 0 Å². The number of amides is 2. The lowest BCUT2D eigenvalue weighted by Gasteiger charge is -2.18. The molecule has 260 valence electrons. The Morgan fingerprint density at radius 3 is 1.25 bits per heavy atom. The SMILES string of the molecule is CCCCCCCC/C=C\CCCCCCCCCCCC(=O)NC(CCCCCCCCCCCCCC)C(=O)NCC. The molecule has 0 aromatic carbocycles. The van der Waals surface area contributed by atoms with E-state index in [2.05, 4.69) is 36.6 Å². The maximum absolute atomic E-state index is 12.6. The van der Waals surface area contributed by atoms with E-state index in [1.165, 1.54) is 161 Å². The second kappa shape index (κ2) is 36.2. The first-order valence-electron chi connectivity index (χ1n) is 19.9. The van der Waals surface area contributed by atoms with E-state index >= 15 is 0 Å². The Hall–Kier alpha value is -1.32. The van der Waals surface area contributed by atoms with E-state index in [1.807, 2.05) is 6.92 Å². The predicted molar refractivity (Wildman–Crippen MR) is 194 cm³/mol. The number of carbonyl (C=O) groups excluding carboxylic acids is 2. The van der Waals surface area contributed by atoms with Gasteiger partial charge >= 0.3 is 0 Å². The van der Waals surface area contributed by atoms with E-state index in [0.717, 1.165) is 32.1 Å². The number of hydrogen-bond donors (Lipinski definition) is 2. The number of rotatable bonds is 35. The van der Waals surface area contributed by atoms with Crippen LogP contribution in [0.5, 0.6) is 0 Å². The predicted octanol–water partition coefficient (Wildman–Crippen LogP) is 12.3. The maximum atomic E-state index is 12.6. The Morgan fingerprint density at radius 1 is 0.477 bits per heavy atom. The molecule has 1 atom stereocenters. The molecule has 0 aliphatic heterocycles. The number of allylic oxidation sites excluding steroid dienone is 2. The quantitative estimate of drug-likeness (QED) is 0.0548. The Balaban J connectivity index is 3.70. The summed E-state index contributed by atoms with van der Waals surface area (Å²) in [6.07, 6.45) is 43.9. The molecular formula is C40H78N2O2. The summed E-state index contributed by atoms with van der Waals surface area (Å²) < 4.78 is 0. The molecule has 0 fully saturated rings. The van der Waals surface area contributed by atoms with E-state index < -0.39 is 0 Å². The van der Waals surface area contributed by atoms with Crippen molar-refractivity contribution in [2.45, 2.75) is 226 Å². The van der Waals surface area contributed by atoms with Gasteiger partial charge in [0.15, 0.2) is 0 Å². The van der Waals surface area contributed by atoms with Crippen molar-refractivity contribution >= 4 is 11.8 Å². The van der Waals surface area contributed by atoms with Crippen LogP contribution in [0.15, 0.2) is 12.2 Å². The molecular weight excluding hydrogens is 540 g/mol. The smallest absolute Gasteiger partial charge is 0.242 e. The third-order valence-corrected chi connectivity index (χ3v) is 9.01. The summed E-state index contributed by atoms with van der Waals surface area (Å²) in [5, 5.41) is 5.96. The molecule has 2 amide bonds. The summed E-state index contributed by atoms with van der Waals surface area (Å²) in [6, 6.07) is -0.374. The highest BCUT2D eigenvalue weighted by atomic mass is 16.2. The zero-order valence-corrected chi connectivity index (χ0v) is 30.2. The Labute approximate surface area is 276 Å². The fraction of sp³-hybridized carbons (Fsp3) is 0.900. The van der Waals surface area contributed by atoms with Crippen molar-refractivity contribution in [1.29, 1.82) is 0 Å². The summed E-state index contributed by atoms with van der Waals surface area (Å²) >= 11 is 0. The lowest BCUT2D eigenvalue weighted by Crippen LogP contribution is -2.46. The molecule has 0 rings (SSSR count). The van der Waals surface area contributed by atoms with Crippen molar-refractivity contribution in [3.05, 3.63) is 12.2 Å². The van der Waals surface area contributed by atoms with E-state index in [4.69, 9.17) is 0 Å². The van der Waals surface area contributed by atoms with Crippen LogP contribution < -0.4 is 10.6 Å². The maximum Gasteiger partial charge on any atom is 0.242 e. The number of carbonyl (C=O) groups is 2. The minimum Gasteiger partial charge on any atom is -0.355 e. The highest BCUT2D eigenvalue weighted by molar-refractivity contribution is 5.87. The summed E-state index contributed by atoms with van der Waals surface area (Å²) in [6.45, 7) is 7.10. The number of unbranched alkanes of at least 4 members (excludes halogenated alkanes) is 26. The molecule has 0 radical (unpaired) electrons. The molecule has 0 aromatic heterocycles. The molecule has 0 bridgehead atoms. The van der Waals surface area contributed by atoms with Crippen molar-refractivity contribution in [3.8, 4) is 0 Å². The largest absolute Gasteiger partial charge is 0.355 e. The van der Waals surface area contributed by atoms with Crippen LogP contribution in [0.1, 0.15) is 220 Å². The molecule has 1 unspecified atom stereocenters. The summed E-state index contributed by atoms with van der Waals surface area (Å²) in [5.41, 5.74) is 0. The zero-order valence-electron chi connectivity index (χ0n) is 30.2. The van der Waals surface area contributed by atoms with Crippen molar-refractivity contribution in [1.82, 2.24) is 10.6 Å².